The van der Waals surface area contributed by atoms with E-state index in [0.717, 1.165) is 17.3 Å². The Labute approximate surface area is 76.7 Å². The third-order valence-electron chi connectivity index (χ3n) is 4.16. The van der Waals surface area contributed by atoms with Gasteiger partial charge in [-0.1, -0.05) is 33.1 Å². The van der Waals surface area contributed by atoms with E-state index in [0.29, 0.717) is 0 Å². The zero-order valence-electron chi connectivity index (χ0n) is 8.60. The Bertz CT molecular complexity index is 145. The van der Waals surface area contributed by atoms with Gasteiger partial charge in [0.25, 0.3) is 0 Å². The molecule has 0 aromatic carbocycles. The molecule has 0 atom stereocenters. The summed E-state index contributed by atoms with van der Waals surface area (Å²) in [5.74, 6) is 2.22. The normalized spacial score (nSPS) is 45.5. The van der Waals surface area contributed by atoms with Crippen LogP contribution in [-0.4, -0.2) is 0 Å². The van der Waals surface area contributed by atoms with Gasteiger partial charge in [0.2, 0.25) is 0 Å². The van der Waals surface area contributed by atoms with Gasteiger partial charge in [0.05, 0.1) is 0 Å². The van der Waals surface area contributed by atoms with Crippen LogP contribution < -0.4 is 0 Å². The maximum absolute atomic E-state index is 2.35. The molecule has 2 aliphatic carbocycles. The first-order valence-electron chi connectivity index (χ1n) is 5.78. The summed E-state index contributed by atoms with van der Waals surface area (Å²) in [7, 11) is 0. The topological polar surface area (TPSA) is 0 Å². The molecule has 0 bridgehead atoms. The molecule has 0 nitrogen and oxygen atoms in total. The second kappa shape index (κ2) is 3.05. The van der Waals surface area contributed by atoms with Gasteiger partial charge in [-0.25, -0.2) is 0 Å². The molecular weight excluding hydrogens is 144 g/mol. The second-order valence-corrected chi connectivity index (χ2v) is 5.25. The third-order valence-corrected chi connectivity index (χ3v) is 4.16. The molecule has 0 aliphatic heterocycles. The van der Waals surface area contributed by atoms with Crippen LogP contribution in [0, 0.1) is 17.3 Å². The Morgan fingerprint density at radius 1 is 1.00 bits per heavy atom. The summed E-state index contributed by atoms with van der Waals surface area (Å²) in [5.41, 5.74) is 0.889. The SMILES string of the molecule is CCCC1CC2(CC(CC)C2)C1. The van der Waals surface area contributed by atoms with Crippen molar-refractivity contribution in [2.24, 2.45) is 17.3 Å². The fourth-order valence-electron chi connectivity index (χ4n) is 3.56. The van der Waals surface area contributed by atoms with E-state index in [1.54, 1.807) is 25.7 Å². The summed E-state index contributed by atoms with van der Waals surface area (Å²) < 4.78 is 0. The lowest BCUT2D eigenvalue weighted by Gasteiger charge is -2.58. The van der Waals surface area contributed by atoms with Crippen LogP contribution in [0.2, 0.25) is 0 Å². The van der Waals surface area contributed by atoms with Crippen LogP contribution in [0.1, 0.15) is 58.8 Å². The van der Waals surface area contributed by atoms with Gasteiger partial charge in [0.15, 0.2) is 0 Å². The van der Waals surface area contributed by atoms with Crippen molar-refractivity contribution in [1.82, 2.24) is 0 Å². The zero-order chi connectivity index (χ0) is 8.60. The molecule has 2 rings (SSSR count). The van der Waals surface area contributed by atoms with Gasteiger partial charge < -0.3 is 0 Å². The predicted molar refractivity (Wildman–Crippen MR) is 53.1 cm³/mol. The summed E-state index contributed by atoms with van der Waals surface area (Å²) >= 11 is 0. The average molecular weight is 166 g/mol. The molecule has 2 aliphatic rings. The summed E-state index contributed by atoms with van der Waals surface area (Å²) in [4.78, 5) is 0. The highest BCUT2D eigenvalue weighted by molar-refractivity contribution is 5.02. The summed E-state index contributed by atoms with van der Waals surface area (Å²) in [6.07, 6.45) is 10.6. The summed E-state index contributed by atoms with van der Waals surface area (Å²) in [6, 6.07) is 0. The van der Waals surface area contributed by atoms with Crippen LogP contribution in [0.25, 0.3) is 0 Å². The van der Waals surface area contributed by atoms with Crippen molar-refractivity contribution in [3.05, 3.63) is 0 Å². The summed E-state index contributed by atoms with van der Waals surface area (Å²) in [5, 5.41) is 0. The third kappa shape index (κ3) is 1.30. The van der Waals surface area contributed by atoms with Gasteiger partial charge in [-0.2, -0.15) is 0 Å². The highest BCUT2D eigenvalue weighted by Crippen LogP contribution is 2.62. The van der Waals surface area contributed by atoms with Gasteiger partial charge in [-0.05, 0) is 42.9 Å². The van der Waals surface area contributed by atoms with E-state index in [1.807, 2.05) is 0 Å². The molecule has 1 spiro atoms. The molecule has 0 heteroatoms. The maximum Gasteiger partial charge on any atom is -0.0287 e. The van der Waals surface area contributed by atoms with Crippen LogP contribution >= 0.6 is 0 Å². The van der Waals surface area contributed by atoms with Crippen LogP contribution in [0.5, 0.6) is 0 Å². The molecule has 12 heavy (non-hydrogen) atoms. The van der Waals surface area contributed by atoms with Crippen molar-refractivity contribution in [2.45, 2.75) is 58.8 Å². The smallest absolute Gasteiger partial charge is 0.0287 e. The van der Waals surface area contributed by atoms with E-state index in [9.17, 15) is 0 Å². The minimum Gasteiger partial charge on any atom is -0.0654 e. The lowest BCUT2D eigenvalue weighted by Crippen LogP contribution is -2.47. The van der Waals surface area contributed by atoms with E-state index in [-0.39, 0.29) is 0 Å². The standard InChI is InChI=1S/C12H22/c1-3-5-11-8-12(9-11)6-10(4-2)7-12/h10-11H,3-9H2,1-2H3. The molecule has 0 aromatic rings. The largest absolute Gasteiger partial charge is 0.0654 e. The van der Waals surface area contributed by atoms with Crippen molar-refractivity contribution in [1.29, 1.82) is 0 Å². The first kappa shape index (κ1) is 8.59. The quantitative estimate of drug-likeness (QED) is 0.594. The van der Waals surface area contributed by atoms with Crippen LogP contribution in [0.3, 0.4) is 0 Å². The zero-order valence-corrected chi connectivity index (χ0v) is 8.60. The molecule has 0 amide bonds. The molecule has 0 N–H and O–H groups in total. The first-order chi connectivity index (χ1) is 5.78. The highest BCUT2D eigenvalue weighted by atomic mass is 14.6. The minimum absolute atomic E-state index is 0.889. The average Bonchev–Trinajstić information content (AvgIpc) is 1.91. The predicted octanol–water partition coefficient (Wildman–Crippen LogP) is 4.00. The van der Waals surface area contributed by atoms with Crippen molar-refractivity contribution in [3.63, 3.8) is 0 Å². The Balaban J connectivity index is 1.69. The minimum atomic E-state index is 0.889. The van der Waals surface area contributed by atoms with Gasteiger partial charge >= 0.3 is 0 Å². The van der Waals surface area contributed by atoms with Crippen LogP contribution in [-0.2, 0) is 0 Å². The van der Waals surface area contributed by atoms with Crippen LogP contribution in [0.15, 0.2) is 0 Å². The van der Waals surface area contributed by atoms with E-state index in [4.69, 9.17) is 0 Å². The van der Waals surface area contributed by atoms with Gasteiger partial charge in [-0.15, -0.1) is 0 Å². The second-order valence-electron chi connectivity index (χ2n) is 5.25. The van der Waals surface area contributed by atoms with Crippen molar-refractivity contribution in [2.75, 3.05) is 0 Å². The molecule has 0 saturated heterocycles. The lowest BCUT2D eigenvalue weighted by molar-refractivity contribution is -0.0713. The highest BCUT2D eigenvalue weighted by Gasteiger charge is 2.51. The van der Waals surface area contributed by atoms with Gasteiger partial charge in [0, 0.05) is 0 Å². The monoisotopic (exact) mass is 166 g/mol. The molecule has 0 unspecified atom stereocenters. The maximum atomic E-state index is 2.35. The van der Waals surface area contributed by atoms with Gasteiger partial charge in [-0.3, -0.25) is 0 Å². The van der Waals surface area contributed by atoms with Crippen molar-refractivity contribution >= 4 is 0 Å². The molecule has 0 heterocycles. The summed E-state index contributed by atoms with van der Waals surface area (Å²) in [6.45, 7) is 4.67. The molecular formula is C12H22. The fourth-order valence-corrected chi connectivity index (χ4v) is 3.56. The molecule has 0 aromatic heterocycles. The van der Waals surface area contributed by atoms with E-state index in [1.165, 1.54) is 19.3 Å². The lowest BCUT2D eigenvalue weighted by atomic mass is 9.47. The van der Waals surface area contributed by atoms with Crippen LogP contribution in [0.4, 0.5) is 0 Å². The fraction of sp³-hybridized carbons (Fsp3) is 1.00. The molecule has 0 radical (unpaired) electrons. The van der Waals surface area contributed by atoms with E-state index in [2.05, 4.69) is 13.8 Å². The number of rotatable bonds is 3. The van der Waals surface area contributed by atoms with Gasteiger partial charge in [0.1, 0.15) is 0 Å². The molecule has 2 saturated carbocycles. The van der Waals surface area contributed by atoms with Crippen molar-refractivity contribution < 1.29 is 0 Å². The first-order valence-corrected chi connectivity index (χ1v) is 5.78. The Hall–Kier alpha value is 0. The number of hydrogen-bond acceptors (Lipinski definition) is 0. The van der Waals surface area contributed by atoms with Crippen molar-refractivity contribution in [3.8, 4) is 0 Å². The Kier molecular flexibility index (Phi) is 2.18. The Morgan fingerprint density at radius 3 is 2.08 bits per heavy atom. The Morgan fingerprint density at radius 2 is 1.58 bits per heavy atom. The van der Waals surface area contributed by atoms with E-state index >= 15 is 0 Å². The number of hydrogen-bond donors (Lipinski definition) is 0. The molecule has 70 valence electrons. The van der Waals surface area contributed by atoms with E-state index < -0.39 is 0 Å². The molecule has 2 fully saturated rings.